The molecule has 4 aromatic heterocycles. The molecule has 0 atom stereocenters. The molecule has 0 amide bonds. The molecule has 1 aromatic carbocycles. The molecule has 0 saturated carbocycles. The number of benzene rings is 1. The minimum absolute atomic E-state index is 0.0873. The fourth-order valence-corrected chi connectivity index (χ4v) is 4.81. The quantitative estimate of drug-likeness (QED) is 0.282. The van der Waals surface area contributed by atoms with Crippen LogP contribution in [0, 0.1) is 0 Å². The van der Waals surface area contributed by atoms with Crippen LogP contribution >= 0.6 is 0 Å². The second kappa shape index (κ2) is 11.0. The number of anilines is 1. The van der Waals surface area contributed by atoms with E-state index in [9.17, 15) is 8.78 Å². The van der Waals surface area contributed by atoms with Crippen LogP contribution in [0.2, 0.25) is 0 Å². The molecule has 5 heterocycles. The number of pyridine rings is 1. The number of nitrogens with zero attached hydrogens (tertiary/aromatic N) is 7. The molecule has 206 valence electrons. The second-order valence-corrected chi connectivity index (χ2v) is 10.0. The maximum Gasteiger partial charge on any atom is 0.250 e. The van der Waals surface area contributed by atoms with E-state index in [1.165, 1.54) is 6.33 Å². The lowest BCUT2D eigenvalue weighted by atomic mass is 10.1. The van der Waals surface area contributed by atoms with Gasteiger partial charge in [-0.2, -0.15) is 5.10 Å². The molecule has 6 rings (SSSR count). The molecule has 0 bridgehead atoms. The summed E-state index contributed by atoms with van der Waals surface area (Å²) in [4.78, 5) is 15.4. The van der Waals surface area contributed by atoms with Gasteiger partial charge in [0.15, 0.2) is 0 Å². The Bertz CT molecular complexity index is 1590. The lowest BCUT2D eigenvalue weighted by Crippen LogP contribution is -2.41. The molecule has 1 aliphatic heterocycles. The van der Waals surface area contributed by atoms with E-state index in [0.29, 0.717) is 44.4 Å². The molecule has 1 aliphatic rings. The van der Waals surface area contributed by atoms with Crippen LogP contribution < -0.4 is 10.1 Å². The van der Waals surface area contributed by atoms with Gasteiger partial charge in [0.2, 0.25) is 0 Å². The molecule has 0 aliphatic carbocycles. The Hall–Kier alpha value is -4.38. The van der Waals surface area contributed by atoms with Crippen LogP contribution in [0.5, 0.6) is 5.75 Å². The molecule has 40 heavy (non-hydrogen) atoms. The van der Waals surface area contributed by atoms with Crippen molar-refractivity contribution in [2.45, 2.75) is 25.3 Å². The van der Waals surface area contributed by atoms with Gasteiger partial charge in [0.25, 0.3) is 5.92 Å². The first kappa shape index (κ1) is 25.9. The number of hydrogen-bond donors (Lipinski definition) is 1. The second-order valence-electron chi connectivity index (χ2n) is 10.0. The molecule has 1 fully saturated rings. The van der Waals surface area contributed by atoms with Gasteiger partial charge in [0.05, 0.1) is 23.8 Å². The molecule has 0 radical (unpaired) electrons. The topological polar surface area (TPSA) is 85.4 Å². The summed E-state index contributed by atoms with van der Waals surface area (Å²) in [5.74, 6) is -1.13. The fourth-order valence-electron chi connectivity index (χ4n) is 4.81. The van der Waals surface area contributed by atoms with Crippen molar-refractivity contribution in [1.82, 2.24) is 34.0 Å². The van der Waals surface area contributed by atoms with Crippen LogP contribution in [-0.4, -0.2) is 66.2 Å². The predicted molar refractivity (Wildman–Crippen MR) is 148 cm³/mol. The van der Waals surface area contributed by atoms with Crippen LogP contribution in [-0.2, 0) is 13.6 Å². The van der Waals surface area contributed by atoms with Gasteiger partial charge in [-0.05, 0) is 17.2 Å². The zero-order valence-electron chi connectivity index (χ0n) is 22.2. The van der Waals surface area contributed by atoms with Crippen LogP contribution in [0.3, 0.4) is 0 Å². The first-order valence-electron chi connectivity index (χ1n) is 13.3. The third kappa shape index (κ3) is 5.94. The first-order valence-corrected chi connectivity index (χ1v) is 13.3. The molecule has 5 aromatic rings. The molecule has 0 spiro atoms. The Morgan fingerprint density at radius 3 is 2.58 bits per heavy atom. The summed E-state index contributed by atoms with van der Waals surface area (Å²) in [6.07, 6.45) is 8.88. The minimum Gasteiger partial charge on any atom is -0.492 e. The standard InChI is InChI=1S/C29H30F2N8O/c1-37-19-23(17-36-37)22-4-2-21(3-5-22)16-32-27-15-25(34-20-35-27)26-18-33-28-14-24(6-9-39(26)28)40-13-12-38-10-7-29(30,31)8-11-38/h2-6,9,14-15,17-20H,7-8,10-13,16H2,1H3,(H,32,34,35). The summed E-state index contributed by atoms with van der Waals surface area (Å²) < 4.78 is 36.3. The number of alkyl halides is 2. The molecule has 1 saturated heterocycles. The smallest absolute Gasteiger partial charge is 0.250 e. The van der Waals surface area contributed by atoms with Gasteiger partial charge in [0.1, 0.15) is 30.1 Å². The number of halogens is 2. The minimum atomic E-state index is -2.53. The highest BCUT2D eigenvalue weighted by molar-refractivity contribution is 5.64. The first-order chi connectivity index (χ1) is 19.4. The average Bonchev–Trinajstić information content (AvgIpc) is 3.59. The van der Waals surface area contributed by atoms with Crippen molar-refractivity contribution in [3.63, 3.8) is 0 Å². The van der Waals surface area contributed by atoms with Gasteiger partial charge in [-0.3, -0.25) is 14.0 Å². The summed E-state index contributed by atoms with van der Waals surface area (Å²) in [6, 6.07) is 14.0. The lowest BCUT2D eigenvalue weighted by molar-refractivity contribution is -0.0564. The van der Waals surface area contributed by atoms with Crippen LogP contribution in [0.25, 0.3) is 28.2 Å². The van der Waals surface area contributed by atoms with Gasteiger partial charge in [0, 0.05) is 76.2 Å². The normalized spacial score (nSPS) is 15.4. The predicted octanol–water partition coefficient (Wildman–Crippen LogP) is 4.91. The Morgan fingerprint density at radius 2 is 1.80 bits per heavy atom. The maximum absolute atomic E-state index is 13.4. The zero-order chi connectivity index (χ0) is 27.5. The van der Waals surface area contributed by atoms with Crippen molar-refractivity contribution in [2.24, 2.45) is 7.05 Å². The largest absolute Gasteiger partial charge is 0.492 e. The van der Waals surface area contributed by atoms with E-state index < -0.39 is 5.92 Å². The number of ether oxygens (including phenoxy) is 1. The Morgan fingerprint density at radius 1 is 0.975 bits per heavy atom. The highest BCUT2D eigenvalue weighted by atomic mass is 19.3. The third-order valence-electron chi connectivity index (χ3n) is 7.14. The summed E-state index contributed by atoms with van der Waals surface area (Å²) in [5.41, 5.74) is 5.65. The summed E-state index contributed by atoms with van der Waals surface area (Å²) in [7, 11) is 1.91. The maximum atomic E-state index is 13.4. The Kier molecular flexibility index (Phi) is 7.12. The number of likely N-dealkylation sites (tertiary alicyclic amines) is 1. The average molecular weight is 545 g/mol. The van der Waals surface area contributed by atoms with Crippen LogP contribution in [0.15, 0.2) is 73.6 Å². The van der Waals surface area contributed by atoms with Gasteiger partial charge in [-0.25, -0.2) is 23.7 Å². The number of fused-ring (bicyclic) bond motifs is 1. The van der Waals surface area contributed by atoms with E-state index in [4.69, 9.17) is 4.74 Å². The summed E-state index contributed by atoms with van der Waals surface area (Å²) in [6.45, 7) is 2.47. The monoisotopic (exact) mass is 544 g/mol. The molecular weight excluding hydrogens is 514 g/mol. The van der Waals surface area contributed by atoms with Gasteiger partial charge in [-0.15, -0.1) is 0 Å². The van der Waals surface area contributed by atoms with Gasteiger partial charge in [-0.1, -0.05) is 24.3 Å². The number of aromatic nitrogens is 6. The third-order valence-corrected chi connectivity index (χ3v) is 7.14. The number of hydrogen-bond acceptors (Lipinski definition) is 7. The van der Waals surface area contributed by atoms with E-state index in [1.54, 1.807) is 10.9 Å². The van der Waals surface area contributed by atoms with Crippen LogP contribution in [0.1, 0.15) is 18.4 Å². The lowest BCUT2D eigenvalue weighted by Gasteiger charge is -2.31. The Labute approximate surface area is 230 Å². The zero-order valence-corrected chi connectivity index (χ0v) is 22.2. The molecule has 11 heteroatoms. The number of piperidine rings is 1. The molecule has 9 nitrogen and oxygen atoms in total. The van der Waals surface area contributed by atoms with E-state index in [1.807, 2.05) is 53.1 Å². The van der Waals surface area contributed by atoms with Crippen molar-refractivity contribution < 1.29 is 13.5 Å². The SMILES string of the molecule is Cn1cc(-c2ccc(CNc3cc(-c4cnc5cc(OCCN6CCC(F)(F)CC6)ccn45)ncn3)cc2)cn1. The molecular formula is C29H30F2N8O. The number of nitrogens with one attached hydrogen (secondary N) is 1. The Balaban J connectivity index is 1.07. The van der Waals surface area contributed by atoms with E-state index in [-0.39, 0.29) is 12.8 Å². The van der Waals surface area contributed by atoms with Crippen LogP contribution in [0.4, 0.5) is 14.6 Å². The van der Waals surface area contributed by atoms with Gasteiger partial charge >= 0.3 is 0 Å². The van der Waals surface area contributed by atoms with Crippen molar-refractivity contribution >= 4 is 11.5 Å². The van der Waals surface area contributed by atoms with Crippen molar-refractivity contribution in [3.05, 3.63) is 79.1 Å². The fraction of sp³-hybridized carbons (Fsp3) is 0.310. The molecule has 1 N–H and O–H groups in total. The molecule has 0 unspecified atom stereocenters. The highest BCUT2D eigenvalue weighted by Gasteiger charge is 2.33. The number of aryl methyl sites for hydroxylation is 1. The van der Waals surface area contributed by atoms with E-state index in [0.717, 1.165) is 33.7 Å². The highest BCUT2D eigenvalue weighted by Crippen LogP contribution is 2.28. The van der Waals surface area contributed by atoms with E-state index in [2.05, 4.69) is 49.6 Å². The van der Waals surface area contributed by atoms with Crippen molar-refractivity contribution in [2.75, 3.05) is 31.6 Å². The van der Waals surface area contributed by atoms with E-state index >= 15 is 0 Å². The van der Waals surface area contributed by atoms with Crippen molar-refractivity contribution in [3.8, 4) is 28.3 Å². The summed E-state index contributed by atoms with van der Waals surface area (Å²) in [5, 5.41) is 7.61. The van der Waals surface area contributed by atoms with Gasteiger partial charge < -0.3 is 10.1 Å². The summed E-state index contributed by atoms with van der Waals surface area (Å²) >= 11 is 0. The van der Waals surface area contributed by atoms with Crippen molar-refractivity contribution in [1.29, 1.82) is 0 Å². The number of rotatable bonds is 9. The number of imidazole rings is 1.